The molecular formula is C15H26N2. The van der Waals surface area contributed by atoms with Gasteiger partial charge in [0.25, 0.3) is 0 Å². The Morgan fingerprint density at radius 2 is 1.76 bits per heavy atom. The van der Waals surface area contributed by atoms with Gasteiger partial charge in [0.1, 0.15) is 0 Å². The molecule has 0 saturated carbocycles. The monoisotopic (exact) mass is 234 g/mol. The van der Waals surface area contributed by atoms with Crippen LogP contribution in [0.1, 0.15) is 50.8 Å². The first-order valence-corrected chi connectivity index (χ1v) is 6.46. The molecule has 0 aliphatic heterocycles. The molecule has 1 rings (SSSR count). The average molecular weight is 234 g/mol. The van der Waals surface area contributed by atoms with E-state index in [2.05, 4.69) is 50.4 Å². The van der Waals surface area contributed by atoms with Crippen LogP contribution in [0.4, 0.5) is 0 Å². The van der Waals surface area contributed by atoms with Gasteiger partial charge >= 0.3 is 0 Å². The molecule has 0 bridgehead atoms. The third kappa shape index (κ3) is 4.49. The Labute approximate surface area is 106 Å². The van der Waals surface area contributed by atoms with Crippen molar-refractivity contribution in [1.29, 1.82) is 0 Å². The van der Waals surface area contributed by atoms with E-state index < -0.39 is 0 Å². The molecule has 0 aliphatic rings. The SMILES string of the molecule is CNCCCC(N)c1ccc(C(C)(C)C)cc1. The molecule has 0 fully saturated rings. The first kappa shape index (κ1) is 14.2. The number of nitrogens with one attached hydrogen (secondary N) is 1. The highest BCUT2D eigenvalue weighted by Gasteiger charge is 2.13. The Morgan fingerprint density at radius 3 is 2.24 bits per heavy atom. The quantitative estimate of drug-likeness (QED) is 0.769. The molecule has 3 N–H and O–H groups in total. The number of nitrogens with two attached hydrogens (primary N) is 1. The van der Waals surface area contributed by atoms with Crippen LogP contribution >= 0.6 is 0 Å². The van der Waals surface area contributed by atoms with Gasteiger partial charge in [-0.2, -0.15) is 0 Å². The second kappa shape index (κ2) is 6.18. The first-order chi connectivity index (χ1) is 7.95. The van der Waals surface area contributed by atoms with Gasteiger partial charge in [-0.3, -0.25) is 0 Å². The maximum Gasteiger partial charge on any atom is 0.0295 e. The van der Waals surface area contributed by atoms with E-state index in [1.165, 1.54) is 11.1 Å². The van der Waals surface area contributed by atoms with Crippen molar-refractivity contribution in [3.63, 3.8) is 0 Å². The number of hydrogen-bond donors (Lipinski definition) is 2. The second-order valence-corrected chi connectivity index (χ2v) is 5.72. The molecular weight excluding hydrogens is 208 g/mol. The van der Waals surface area contributed by atoms with E-state index in [1.807, 2.05) is 7.05 Å². The van der Waals surface area contributed by atoms with Crippen LogP contribution in [0.5, 0.6) is 0 Å². The molecule has 1 atom stereocenters. The summed E-state index contributed by atoms with van der Waals surface area (Å²) in [5.41, 5.74) is 8.99. The van der Waals surface area contributed by atoms with Gasteiger partial charge in [0.05, 0.1) is 0 Å². The minimum absolute atomic E-state index is 0.164. The van der Waals surface area contributed by atoms with Gasteiger partial charge in [0.2, 0.25) is 0 Å². The minimum atomic E-state index is 0.164. The molecule has 0 amide bonds. The van der Waals surface area contributed by atoms with Crippen LogP contribution in [0.15, 0.2) is 24.3 Å². The Morgan fingerprint density at radius 1 is 1.18 bits per heavy atom. The van der Waals surface area contributed by atoms with E-state index in [0.717, 1.165) is 19.4 Å². The molecule has 0 aromatic heterocycles. The summed E-state index contributed by atoms with van der Waals surface area (Å²) >= 11 is 0. The summed E-state index contributed by atoms with van der Waals surface area (Å²) in [7, 11) is 1.98. The second-order valence-electron chi connectivity index (χ2n) is 5.72. The van der Waals surface area contributed by atoms with Gasteiger partial charge < -0.3 is 11.1 Å². The van der Waals surface area contributed by atoms with E-state index in [1.54, 1.807) is 0 Å². The number of rotatable bonds is 5. The van der Waals surface area contributed by atoms with E-state index in [9.17, 15) is 0 Å². The summed E-state index contributed by atoms with van der Waals surface area (Å²) < 4.78 is 0. The summed E-state index contributed by atoms with van der Waals surface area (Å²) in [5, 5.41) is 3.15. The first-order valence-electron chi connectivity index (χ1n) is 6.46. The van der Waals surface area contributed by atoms with Crippen molar-refractivity contribution in [2.45, 2.75) is 45.1 Å². The van der Waals surface area contributed by atoms with Crippen molar-refractivity contribution in [2.75, 3.05) is 13.6 Å². The molecule has 2 heteroatoms. The summed E-state index contributed by atoms with van der Waals surface area (Å²) in [6.07, 6.45) is 2.16. The molecule has 0 radical (unpaired) electrons. The fraction of sp³-hybridized carbons (Fsp3) is 0.600. The van der Waals surface area contributed by atoms with Gasteiger partial charge in [0.15, 0.2) is 0 Å². The van der Waals surface area contributed by atoms with Crippen LogP contribution in [-0.4, -0.2) is 13.6 Å². The highest BCUT2D eigenvalue weighted by molar-refractivity contribution is 5.29. The molecule has 1 aromatic carbocycles. The van der Waals surface area contributed by atoms with E-state index >= 15 is 0 Å². The Kier molecular flexibility index (Phi) is 5.16. The normalized spacial score (nSPS) is 13.7. The molecule has 17 heavy (non-hydrogen) atoms. The van der Waals surface area contributed by atoms with Gasteiger partial charge in [-0.25, -0.2) is 0 Å². The molecule has 1 unspecified atom stereocenters. The van der Waals surface area contributed by atoms with Crippen LogP contribution in [0, 0.1) is 0 Å². The van der Waals surface area contributed by atoms with Crippen molar-refractivity contribution >= 4 is 0 Å². The standard InChI is InChI=1S/C15H26N2/c1-15(2,3)13-9-7-12(8-10-13)14(16)6-5-11-17-4/h7-10,14,17H,5-6,11,16H2,1-4H3. The van der Waals surface area contributed by atoms with Gasteiger partial charge in [-0.1, -0.05) is 45.0 Å². The predicted molar refractivity (Wildman–Crippen MR) is 75.2 cm³/mol. The van der Waals surface area contributed by atoms with E-state index in [0.29, 0.717) is 0 Å². The minimum Gasteiger partial charge on any atom is -0.324 e. The zero-order valence-corrected chi connectivity index (χ0v) is 11.6. The smallest absolute Gasteiger partial charge is 0.0295 e. The lowest BCUT2D eigenvalue weighted by molar-refractivity contribution is 0.581. The van der Waals surface area contributed by atoms with Crippen LogP contribution in [0.3, 0.4) is 0 Å². The van der Waals surface area contributed by atoms with E-state index in [4.69, 9.17) is 5.73 Å². The van der Waals surface area contributed by atoms with Crippen LogP contribution < -0.4 is 11.1 Å². The predicted octanol–water partition coefficient (Wildman–Crippen LogP) is 2.98. The highest BCUT2D eigenvalue weighted by Crippen LogP contribution is 2.24. The zero-order chi connectivity index (χ0) is 12.9. The van der Waals surface area contributed by atoms with Crippen molar-refractivity contribution in [2.24, 2.45) is 5.73 Å². The maximum absolute atomic E-state index is 6.17. The molecule has 0 saturated heterocycles. The molecule has 0 heterocycles. The van der Waals surface area contributed by atoms with Crippen molar-refractivity contribution in [3.8, 4) is 0 Å². The zero-order valence-electron chi connectivity index (χ0n) is 11.6. The van der Waals surface area contributed by atoms with Crippen molar-refractivity contribution in [1.82, 2.24) is 5.32 Å². The Hall–Kier alpha value is -0.860. The van der Waals surface area contributed by atoms with Gasteiger partial charge in [0, 0.05) is 6.04 Å². The van der Waals surface area contributed by atoms with Crippen LogP contribution in [0.25, 0.3) is 0 Å². The maximum atomic E-state index is 6.17. The summed E-state index contributed by atoms with van der Waals surface area (Å²) in [4.78, 5) is 0. The lowest BCUT2D eigenvalue weighted by Crippen LogP contribution is -2.15. The number of hydrogen-bond acceptors (Lipinski definition) is 2. The highest BCUT2D eigenvalue weighted by atomic mass is 14.8. The third-order valence-electron chi connectivity index (χ3n) is 3.15. The van der Waals surface area contributed by atoms with Crippen LogP contribution in [0.2, 0.25) is 0 Å². The molecule has 1 aromatic rings. The van der Waals surface area contributed by atoms with Crippen LogP contribution in [-0.2, 0) is 5.41 Å². The fourth-order valence-corrected chi connectivity index (χ4v) is 1.90. The average Bonchev–Trinajstić information content (AvgIpc) is 2.28. The van der Waals surface area contributed by atoms with E-state index in [-0.39, 0.29) is 11.5 Å². The lowest BCUT2D eigenvalue weighted by Gasteiger charge is -2.20. The number of benzene rings is 1. The van der Waals surface area contributed by atoms with Gasteiger partial charge in [-0.05, 0) is 43.0 Å². The van der Waals surface area contributed by atoms with Crippen molar-refractivity contribution < 1.29 is 0 Å². The largest absolute Gasteiger partial charge is 0.324 e. The summed E-state index contributed by atoms with van der Waals surface area (Å²) in [5.74, 6) is 0. The third-order valence-corrected chi connectivity index (χ3v) is 3.15. The molecule has 96 valence electrons. The molecule has 0 spiro atoms. The summed E-state index contributed by atoms with van der Waals surface area (Å²) in [6.45, 7) is 7.73. The molecule has 2 nitrogen and oxygen atoms in total. The Bertz CT molecular complexity index is 322. The topological polar surface area (TPSA) is 38.0 Å². The van der Waals surface area contributed by atoms with Gasteiger partial charge in [-0.15, -0.1) is 0 Å². The summed E-state index contributed by atoms with van der Waals surface area (Å²) in [6, 6.07) is 8.91. The van der Waals surface area contributed by atoms with Crippen molar-refractivity contribution in [3.05, 3.63) is 35.4 Å². The Balaban J connectivity index is 2.61. The lowest BCUT2D eigenvalue weighted by atomic mass is 9.86. The molecule has 0 aliphatic carbocycles. The fourth-order valence-electron chi connectivity index (χ4n) is 1.90.